The van der Waals surface area contributed by atoms with Crippen molar-refractivity contribution in [3.05, 3.63) is 48.7 Å². The van der Waals surface area contributed by atoms with Crippen LogP contribution in [-0.4, -0.2) is 75.4 Å². The lowest BCUT2D eigenvalue weighted by Crippen LogP contribution is -2.61. The molecule has 3 aliphatic rings. The van der Waals surface area contributed by atoms with Crippen LogP contribution >= 0.6 is 0 Å². The molecule has 5 atom stereocenters. The van der Waals surface area contributed by atoms with Crippen molar-refractivity contribution in [3.8, 4) is 5.88 Å². The first-order valence-electron chi connectivity index (χ1n) is 16.0. The van der Waals surface area contributed by atoms with Crippen LogP contribution in [0.5, 0.6) is 5.88 Å². The van der Waals surface area contributed by atoms with Gasteiger partial charge in [-0.25, -0.2) is 14.6 Å². The number of carboxylic acids is 1. The molecule has 47 heavy (non-hydrogen) atoms. The number of aromatic nitrogens is 1. The van der Waals surface area contributed by atoms with E-state index in [1.54, 1.807) is 6.92 Å². The van der Waals surface area contributed by atoms with Crippen molar-refractivity contribution in [1.82, 2.24) is 20.5 Å². The second-order valence-electron chi connectivity index (χ2n) is 14.3. The van der Waals surface area contributed by atoms with Crippen LogP contribution < -0.4 is 15.4 Å². The van der Waals surface area contributed by atoms with Crippen LogP contribution in [0.4, 0.5) is 18.0 Å². The minimum absolute atomic E-state index is 0.00948. The molecular formula is C34H43F3N4O6. The van der Waals surface area contributed by atoms with E-state index in [1.807, 2.05) is 25.7 Å². The molecule has 0 bridgehead atoms. The van der Waals surface area contributed by atoms with E-state index in [-0.39, 0.29) is 48.7 Å². The number of hydrogen-bond donors (Lipinski definition) is 3. The lowest BCUT2D eigenvalue weighted by molar-refractivity contribution is -0.145. The van der Waals surface area contributed by atoms with Crippen molar-refractivity contribution in [2.75, 3.05) is 13.1 Å². The largest absolute Gasteiger partial charge is 0.479 e. The number of ether oxygens (including phenoxy) is 2. The second kappa shape index (κ2) is 12.6. The van der Waals surface area contributed by atoms with Crippen LogP contribution in [-0.2, 0) is 20.5 Å². The van der Waals surface area contributed by atoms with E-state index in [2.05, 4.69) is 22.2 Å². The summed E-state index contributed by atoms with van der Waals surface area (Å²) < 4.78 is 53.2. The highest BCUT2D eigenvalue weighted by molar-refractivity contribution is 5.95. The number of alkyl halides is 3. The smallest absolute Gasteiger partial charge is 0.417 e. The summed E-state index contributed by atoms with van der Waals surface area (Å²) in [7, 11) is 0. The van der Waals surface area contributed by atoms with Crippen LogP contribution in [0.25, 0.3) is 10.8 Å². The van der Waals surface area contributed by atoms with Gasteiger partial charge in [-0.2, -0.15) is 13.2 Å². The van der Waals surface area contributed by atoms with Crippen molar-refractivity contribution in [2.24, 2.45) is 11.3 Å². The van der Waals surface area contributed by atoms with Gasteiger partial charge in [0.15, 0.2) is 0 Å². The van der Waals surface area contributed by atoms with E-state index in [0.29, 0.717) is 0 Å². The third kappa shape index (κ3) is 7.05. The molecular weight excluding hydrogens is 617 g/mol. The molecule has 0 radical (unpaired) electrons. The Morgan fingerprint density at radius 2 is 1.83 bits per heavy atom. The van der Waals surface area contributed by atoms with Crippen molar-refractivity contribution in [2.45, 2.75) is 102 Å². The number of hydrogen-bond acceptors (Lipinski definition) is 7. The molecule has 1 aromatic heterocycles. The number of fused-ring (bicyclic) bond motifs is 1. The van der Waals surface area contributed by atoms with Crippen LogP contribution in [0, 0.1) is 11.3 Å². The molecule has 2 saturated carbocycles. The molecule has 2 aromatic rings. The topological polar surface area (TPSA) is 130 Å². The summed E-state index contributed by atoms with van der Waals surface area (Å²) in [5.74, 6) is -2.15. The first-order valence-corrected chi connectivity index (χ1v) is 16.0. The molecule has 256 valence electrons. The fourth-order valence-corrected chi connectivity index (χ4v) is 6.80. The van der Waals surface area contributed by atoms with Gasteiger partial charge in [0, 0.05) is 48.4 Å². The summed E-state index contributed by atoms with van der Waals surface area (Å²) in [6.07, 6.45) is 0.653. The molecule has 3 N–H and O–H groups in total. The second-order valence-corrected chi connectivity index (χ2v) is 14.3. The van der Waals surface area contributed by atoms with E-state index >= 15 is 0 Å². The molecule has 2 amide bonds. The van der Waals surface area contributed by atoms with Crippen molar-refractivity contribution < 1.29 is 42.1 Å². The Morgan fingerprint density at radius 3 is 2.43 bits per heavy atom. The number of rotatable bonds is 10. The lowest BCUT2D eigenvalue weighted by Gasteiger charge is -2.40. The number of carbonyl (C=O) groups excluding carboxylic acids is 2. The van der Waals surface area contributed by atoms with Crippen LogP contribution in [0.1, 0.15) is 71.8 Å². The molecule has 1 saturated heterocycles. The van der Waals surface area contributed by atoms with Gasteiger partial charge in [-0.1, -0.05) is 32.9 Å². The number of pyridine rings is 1. The molecule has 2 aliphatic carbocycles. The maximum absolute atomic E-state index is 14.1. The summed E-state index contributed by atoms with van der Waals surface area (Å²) >= 11 is 0. The van der Waals surface area contributed by atoms with Crippen molar-refractivity contribution in [3.63, 3.8) is 0 Å². The number of carboxylic acid groups (broad SMARTS) is 1. The summed E-state index contributed by atoms with van der Waals surface area (Å²) in [5, 5.41) is 15.9. The first-order chi connectivity index (χ1) is 22.0. The van der Waals surface area contributed by atoms with Gasteiger partial charge < -0.3 is 25.2 Å². The molecule has 1 aromatic carbocycles. The predicted molar refractivity (Wildman–Crippen MR) is 168 cm³/mol. The molecule has 10 nitrogen and oxygen atoms in total. The Hall–Kier alpha value is -3.87. The number of benzene rings is 1. The van der Waals surface area contributed by atoms with E-state index in [1.165, 1.54) is 30.5 Å². The van der Waals surface area contributed by atoms with Gasteiger partial charge in [-0.3, -0.25) is 9.69 Å². The quantitative estimate of drug-likeness (QED) is 0.277. The van der Waals surface area contributed by atoms with Gasteiger partial charge in [-0.05, 0) is 62.6 Å². The number of amides is 2. The standard InChI is InChI=1S/C34H43F3N4O6/c1-6-20-16-33(20,29(43)44)40-28(42)32(5)17-22(46-27-24-12-9-13-25(34(35,36)37)23(24)14-15-38-27)18-41(32)19-26(31(2,3)4)39-30(45)47-21-10-7-8-11-21/h6,9,12-15,20-22,26H,1,7-8,10-11,16-19H2,2-5H3,(H,39,45)(H,40,42)(H,43,44). The van der Waals surface area contributed by atoms with Gasteiger partial charge in [0.25, 0.3) is 0 Å². The molecule has 0 spiro atoms. The van der Waals surface area contributed by atoms with Gasteiger partial charge in [0.05, 0.1) is 5.56 Å². The number of carbonyl (C=O) groups is 3. The highest BCUT2D eigenvalue weighted by atomic mass is 19.4. The molecule has 1 aliphatic heterocycles. The van der Waals surface area contributed by atoms with Crippen LogP contribution in [0.3, 0.4) is 0 Å². The monoisotopic (exact) mass is 660 g/mol. The Balaban J connectivity index is 1.44. The minimum atomic E-state index is -4.58. The summed E-state index contributed by atoms with van der Waals surface area (Å²) in [6, 6.07) is 4.57. The number of aliphatic carboxylic acids is 1. The maximum atomic E-state index is 14.1. The zero-order chi connectivity index (χ0) is 34.4. The fraction of sp³-hybridized carbons (Fsp3) is 0.588. The molecule has 13 heteroatoms. The highest BCUT2D eigenvalue weighted by Crippen LogP contribution is 2.46. The Morgan fingerprint density at radius 1 is 1.13 bits per heavy atom. The van der Waals surface area contributed by atoms with Gasteiger partial charge in [0.1, 0.15) is 23.3 Å². The minimum Gasteiger partial charge on any atom is -0.479 e. The Labute approximate surface area is 272 Å². The number of nitrogens with one attached hydrogen (secondary N) is 2. The molecule has 2 heterocycles. The third-order valence-corrected chi connectivity index (χ3v) is 9.92. The van der Waals surface area contributed by atoms with E-state index in [4.69, 9.17) is 9.47 Å². The predicted octanol–water partition coefficient (Wildman–Crippen LogP) is 5.69. The van der Waals surface area contributed by atoms with Crippen LogP contribution in [0.2, 0.25) is 0 Å². The van der Waals surface area contributed by atoms with Gasteiger partial charge in [-0.15, -0.1) is 6.58 Å². The zero-order valence-electron chi connectivity index (χ0n) is 27.2. The summed E-state index contributed by atoms with van der Waals surface area (Å²) in [4.78, 5) is 45.4. The van der Waals surface area contributed by atoms with E-state index < -0.39 is 64.3 Å². The fourth-order valence-electron chi connectivity index (χ4n) is 6.80. The Bertz CT molecular complexity index is 1540. The highest BCUT2D eigenvalue weighted by Gasteiger charge is 2.62. The number of halogens is 3. The SMILES string of the molecule is C=CC1CC1(NC(=O)C1(C)CC(Oc2nccc3c(C(F)(F)F)cccc23)CN1CC(NC(=O)OC1CCCC1)C(C)(C)C)C(=O)O. The number of likely N-dealkylation sites (tertiary alicyclic amines) is 1. The van der Waals surface area contributed by atoms with Gasteiger partial charge in [0.2, 0.25) is 11.8 Å². The first kappa shape index (κ1) is 34.5. The van der Waals surface area contributed by atoms with Gasteiger partial charge >= 0.3 is 18.2 Å². The number of nitrogens with zero attached hydrogens (tertiary/aromatic N) is 2. The Kier molecular flexibility index (Phi) is 9.26. The molecule has 5 rings (SSSR count). The van der Waals surface area contributed by atoms with Crippen LogP contribution in [0.15, 0.2) is 43.1 Å². The summed E-state index contributed by atoms with van der Waals surface area (Å²) in [6.45, 7) is 11.6. The zero-order valence-corrected chi connectivity index (χ0v) is 27.2. The average Bonchev–Trinajstić information content (AvgIpc) is 3.28. The third-order valence-electron chi connectivity index (χ3n) is 9.92. The molecule has 3 fully saturated rings. The molecule has 5 unspecified atom stereocenters. The maximum Gasteiger partial charge on any atom is 0.417 e. The van der Waals surface area contributed by atoms with Crippen molar-refractivity contribution >= 4 is 28.7 Å². The lowest BCUT2D eigenvalue weighted by atomic mass is 9.85. The normalized spacial score (nSPS) is 27.3. The average molecular weight is 661 g/mol. The summed E-state index contributed by atoms with van der Waals surface area (Å²) in [5.41, 5.74) is -4.10. The van der Waals surface area contributed by atoms with Crippen molar-refractivity contribution in [1.29, 1.82) is 0 Å². The number of alkyl carbamates (subject to hydrolysis) is 1. The van der Waals surface area contributed by atoms with E-state index in [9.17, 15) is 32.7 Å². The van der Waals surface area contributed by atoms with E-state index in [0.717, 1.165) is 31.7 Å².